The number of ether oxygens (including phenoxy) is 1. The second-order valence-corrected chi connectivity index (χ2v) is 8.54. The monoisotopic (exact) mass is 446 g/mol. The number of carbonyl (C=O) groups is 1. The van der Waals surface area contributed by atoms with Crippen LogP contribution in [-0.4, -0.2) is 22.6 Å². The Hall–Kier alpha value is -3.42. The Labute approximate surface area is 188 Å². The fourth-order valence-electron chi connectivity index (χ4n) is 4.62. The molecule has 8 heteroatoms. The third kappa shape index (κ3) is 3.04. The Kier molecular flexibility index (Phi) is 4.41. The van der Waals surface area contributed by atoms with E-state index in [1.807, 2.05) is 24.3 Å². The number of halogens is 1. The van der Waals surface area contributed by atoms with Gasteiger partial charge in [-0.1, -0.05) is 22.8 Å². The molecular formula is C24H19ClN4O3. The molecule has 1 atom stereocenters. The summed E-state index contributed by atoms with van der Waals surface area (Å²) in [7, 11) is 0. The highest BCUT2D eigenvalue weighted by atomic mass is 35.5. The standard InChI is InChI=1S/C24H19ClN4O3/c25-14-7-13-9-21(23-18-11-27-5-4-19(18)29-32-23)31-22(13)17(10-14)15-3-6-28-20-8-12(24(26)30)1-2-16(15)20/h1-3,6-8,10,21,27H,4-5,9,11H2,(H2,26,30)/t21-/m1/s1. The zero-order chi connectivity index (χ0) is 21.8. The summed E-state index contributed by atoms with van der Waals surface area (Å²) in [5.74, 6) is 1.06. The van der Waals surface area contributed by atoms with Gasteiger partial charge >= 0.3 is 0 Å². The molecule has 0 bridgehead atoms. The molecule has 0 radical (unpaired) electrons. The lowest BCUT2D eigenvalue weighted by Gasteiger charge is -2.15. The predicted molar refractivity (Wildman–Crippen MR) is 120 cm³/mol. The van der Waals surface area contributed by atoms with Crippen LogP contribution in [0, 0.1) is 0 Å². The summed E-state index contributed by atoms with van der Waals surface area (Å²) in [6, 6.07) is 11.0. The first-order valence-corrected chi connectivity index (χ1v) is 10.8. The van der Waals surface area contributed by atoms with E-state index in [0.717, 1.165) is 64.4 Å². The van der Waals surface area contributed by atoms with E-state index in [-0.39, 0.29) is 6.10 Å². The van der Waals surface area contributed by atoms with Crippen molar-refractivity contribution < 1.29 is 14.1 Å². The van der Waals surface area contributed by atoms with Gasteiger partial charge in [0.25, 0.3) is 0 Å². The molecule has 0 unspecified atom stereocenters. The van der Waals surface area contributed by atoms with Gasteiger partial charge in [0.15, 0.2) is 11.9 Å². The minimum atomic E-state index is -0.487. The Balaban J connectivity index is 1.45. The maximum atomic E-state index is 11.6. The second kappa shape index (κ2) is 7.32. The summed E-state index contributed by atoms with van der Waals surface area (Å²) in [6.45, 7) is 1.63. The van der Waals surface area contributed by atoms with Crippen LogP contribution in [-0.2, 0) is 19.4 Å². The van der Waals surface area contributed by atoms with E-state index < -0.39 is 5.91 Å². The zero-order valence-corrected chi connectivity index (χ0v) is 17.8. The first-order valence-electron chi connectivity index (χ1n) is 10.4. The molecule has 0 aliphatic carbocycles. The molecular weight excluding hydrogens is 428 g/mol. The number of benzene rings is 2. The fraction of sp³-hybridized carbons (Fsp3) is 0.208. The van der Waals surface area contributed by atoms with Crippen molar-refractivity contribution in [1.82, 2.24) is 15.5 Å². The van der Waals surface area contributed by atoms with Crippen LogP contribution in [0.1, 0.15) is 39.0 Å². The first-order chi connectivity index (χ1) is 15.6. The summed E-state index contributed by atoms with van der Waals surface area (Å²) >= 11 is 6.51. The molecule has 0 saturated carbocycles. The zero-order valence-electron chi connectivity index (χ0n) is 17.0. The van der Waals surface area contributed by atoms with Crippen LogP contribution in [0.4, 0.5) is 0 Å². The molecule has 2 aliphatic heterocycles. The number of pyridine rings is 1. The topological polar surface area (TPSA) is 103 Å². The van der Waals surface area contributed by atoms with Gasteiger partial charge in [-0.3, -0.25) is 9.78 Å². The summed E-state index contributed by atoms with van der Waals surface area (Å²) < 4.78 is 12.2. The molecule has 1 amide bonds. The number of primary amides is 1. The summed E-state index contributed by atoms with van der Waals surface area (Å²) in [5, 5.41) is 9.15. The average Bonchev–Trinajstić information content (AvgIpc) is 3.41. The van der Waals surface area contributed by atoms with Crippen LogP contribution in [0.3, 0.4) is 0 Å². The Morgan fingerprint density at radius 2 is 2.09 bits per heavy atom. The Morgan fingerprint density at radius 3 is 2.97 bits per heavy atom. The lowest BCUT2D eigenvalue weighted by atomic mass is 9.96. The van der Waals surface area contributed by atoms with E-state index in [1.54, 1.807) is 18.3 Å². The minimum Gasteiger partial charge on any atom is -0.481 e. The quantitative estimate of drug-likeness (QED) is 0.493. The average molecular weight is 447 g/mol. The number of hydrogen-bond acceptors (Lipinski definition) is 6. The third-order valence-corrected chi connectivity index (χ3v) is 6.36. The smallest absolute Gasteiger partial charge is 0.248 e. The maximum absolute atomic E-state index is 11.6. The Bertz CT molecular complexity index is 1400. The van der Waals surface area contributed by atoms with Gasteiger partial charge < -0.3 is 20.3 Å². The number of rotatable bonds is 3. The van der Waals surface area contributed by atoms with Crippen LogP contribution in [0.2, 0.25) is 5.02 Å². The van der Waals surface area contributed by atoms with Crippen molar-refractivity contribution in [3.63, 3.8) is 0 Å². The SMILES string of the molecule is NC(=O)c1ccc2c(-c3cc(Cl)cc4c3O[C@@H](c3onc5c3CNCC5)C4)ccnc2c1. The molecule has 0 saturated heterocycles. The molecule has 2 aromatic heterocycles. The molecule has 4 heterocycles. The van der Waals surface area contributed by atoms with Crippen molar-refractivity contribution >= 4 is 28.4 Å². The highest BCUT2D eigenvalue weighted by Gasteiger charge is 2.34. The molecule has 32 heavy (non-hydrogen) atoms. The highest BCUT2D eigenvalue weighted by Crippen LogP contribution is 2.47. The number of carbonyl (C=O) groups excluding carboxylic acids is 1. The van der Waals surface area contributed by atoms with Crippen molar-refractivity contribution in [3.8, 4) is 16.9 Å². The van der Waals surface area contributed by atoms with E-state index in [1.165, 1.54) is 0 Å². The van der Waals surface area contributed by atoms with Gasteiger partial charge in [0.2, 0.25) is 5.91 Å². The van der Waals surface area contributed by atoms with Gasteiger partial charge in [0, 0.05) is 64.8 Å². The fourth-order valence-corrected chi connectivity index (χ4v) is 4.86. The maximum Gasteiger partial charge on any atom is 0.248 e. The molecule has 2 aromatic carbocycles. The summed E-state index contributed by atoms with van der Waals surface area (Å²) in [6.07, 6.45) is 2.96. The molecule has 7 nitrogen and oxygen atoms in total. The molecule has 160 valence electrons. The van der Waals surface area contributed by atoms with Crippen LogP contribution < -0.4 is 15.8 Å². The van der Waals surface area contributed by atoms with Crippen LogP contribution >= 0.6 is 11.6 Å². The molecule has 0 spiro atoms. The molecule has 3 N–H and O–H groups in total. The van der Waals surface area contributed by atoms with Crippen LogP contribution in [0.15, 0.2) is 47.1 Å². The van der Waals surface area contributed by atoms with Gasteiger partial charge in [-0.2, -0.15) is 0 Å². The minimum absolute atomic E-state index is 0.257. The largest absolute Gasteiger partial charge is 0.481 e. The van der Waals surface area contributed by atoms with E-state index in [4.69, 9.17) is 26.6 Å². The Morgan fingerprint density at radius 1 is 1.19 bits per heavy atom. The number of nitrogens with one attached hydrogen (secondary N) is 1. The van der Waals surface area contributed by atoms with Crippen molar-refractivity contribution in [1.29, 1.82) is 0 Å². The number of hydrogen-bond donors (Lipinski definition) is 2. The summed E-state index contributed by atoms with van der Waals surface area (Å²) in [4.78, 5) is 16.0. The molecule has 4 aromatic rings. The van der Waals surface area contributed by atoms with Crippen molar-refractivity contribution in [2.45, 2.75) is 25.5 Å². The highest BCUT2D eigenvalue weighted by molar-refractivity contribution is 6.31. The van der Waals surface area contributed by atoms with E-state index in [2.05, 4.69) is 15.5 Å². The van der Waals surface area contributed by atoms with Crippen LogP contribution in [0.25, 0.3) is 22.0 Å². The lowest BCUT2D eigenvalue weighted by Crippen LogP contribution is -2.24. The van der Waals surface area contributed by atoms with E-state index in [0.29, 0.717) is 22.5 Å². The molecule has 2 aliphatic rings. The van der Waals surface area contributed by atoms with E-state index in [9.17, 15) is 4.79 Å². The van der Waals surface area contributed by atoms with Crippen molar-refractivity contribution in [2.75, 3.05) is 6.54 Å². The van der Waals surface area contributed by atoms with Gasteiger partial charge in [0.1, 0.15) is 5.75 Å². The number of amides is 1. The number of nitrogens with zero attached hydrogens (tertiary/aromatic N) is 2. The van der Waals surface area contributed by atoms with Gasteiger partial charge in [-0.05, 0) is 35.9 Å². The number of nitrogens with two attached hydrogens (primary N) is 1. The second-order valence-electron chi connectivity index (χ2n) is 8.11. The van der Waals surface area contributed by atoms with Crippen molar-refractivity contribution in [3.05, 3.63) is 75.8 Å². The normalized spacial score (nSPS) is 17.1. The number of aromatic nitrogens is 2. The van der Waals surface area contributed by atoms with Crippen LogP contribution in [0.5, 0.6) is 5.75 Å². The van der Waals surface area contributed by atoms with Gasteiger partial charge in [-0.25, -0.2) is 0 Å². The first kappa shape index (κ1) is 19.3. The predicted octanol–water partition coefficient (Wildman–Crippen LogP) is 3.96. The molecule has 6 rings (SSSR count). The molecule has 0 fully saturated rings. The lowest BCUT2D eigenvalue weighted by molar-refractivity contribution is 0.100. The van der Waals surface area contributed by atoms with Gasteiger partial charge in [0.05, 0.1) is 11.2 Å². The summed E-state index contributed by atoms with van der Waals surface area (Å²) in [5.41, 5.74) is 11.4. The van der Waals surface area contributed by atoms with Crippen molar-refractivity contribution in [2.24, 2.45) is 5.73 Å². The third-order valence-electron chi connectivity index (χ3n) is 6.15. The number of fused-ring (bicyclic) bond motifs is 3. The van der Waals surface area contributed by atoms with E-state index >= 15 is 0 Å². The van der Waals surface area contributed by atoms with Gasteiger partial charge in [-0.15, -0.1) is 0 Å².